The van der Waals surface area contributed by atoms with Crippen LogP contribution in [0.4, 0.5) is 20.3 Å². The van der Waals surface area contributed by atoms with Crippen molar-refractivity contribution in [1.29, 1.82) is 0 Å². The molecule has 2 aromatic heterocycles. The average molecular weight is 1010 g/mol. The monoisotopic (exact) mass is 1010 g/mol. The number of phenols is 1. The van der Waals surface area contributed by atoms with E-state index < -0.39 is 17.8 Å². The Hall–Kier alpha value is -6.48. The Morgan fingerprint density at radius 2 is 1.53 bits per heavy atom. The van der Waals surface area contributed by atoms with Gasteiger partial charge in [-0.25, -0.2) is 8.78 Å². The highest BCUT2D eigenvalue weighted by Crippen LogP contribution is 2.40. The molecule has 3 unspecified atom stereocenters. The number of carbonyl (C=O) groups is 3. The molecule has 74 heavy (non-hydrogen) atoms. The maximum Gasteiger partial charge on any atom is 0.319 e. The van der Waals surface area contributed by atoms with Crippen molar-refractivity contribution in [3.8, 4) is 35.2 Å². The summed E-state index contributed by atoms with van der Waals surface area (Å²) >= 11 is 0. The quantitative estimate of drug-likeness (QED) is 0.0906. The number of rotatable bonds is 12. The molecule has 6 saturated heterocycles. The van der Waals surface area contributed by atoms with E-state index in [0.29, 0.717) is 80.4 Å². The zero-order chi connectivity index (χ0) is 50.6. The van der Waals surface area contributed by atoms with E-state index in [0.717, 1.165) is 109 Å². The van der Waals surface area contributed by atoms with E-state index in [-0.39, 0.29) is 48.3 Å². The number of anilines is 2. The molecule has 0 aliphatic carbocycles. The molecular formula is C57H64F2N10O5. The summed E-state index contributed by atoms with van der Waals surface area (Å²) in [5, 5.41) is 17.9. The number of halogens is 2. The Morgan fingerprint density at radius 3 is 2.26 bits per heavy atom. The van der Waals surface area contributed by atoms with E-state index in [1.165, 1.54) is 43.1 Å². The Morgan fingerprint density at radius 1 is 0.797 bits per heavy atom. The van der Waals surface area contributed by atoms with Gasteiger partial charge in [-0.3, -0.25) is 29.6 Å². The van der Waals surface area contributed by atoms with Crippen LogP contribution in [0.3, 0.4) is 0 Å². The van der Waals surface area contributed by atoms with Crippen LogP contribution in [0.25, 0.3) is 32.9 Å². The number of likely N-dealkylation sites (tertiary alicyclic amines) is 2. The number of pyridine rings is 1. The number of amides is 3. The van der Waals surface area contributed by atoms with Gasteiger partial charge in [0.15, 0.2) is 11.6 Å². The van der Waals surface area contributed by atoms with Gasteiger partial charge in [-0.2, -0.15) is 9.97 Å². The third-order valence-electron chi connectivity index (χ3n) is 17.3. The highest BCUT2D eigenvalue weighted by molar-refractivity contribution is 6.06. The zero-order valence-electron chi connectivity index (χ0n) is 41.8. The lowest BCUT2D eigenvalue weighted by molar-refractivity contribution is -0.136. The van der Waals surface area contributed by atoms with Crippen molar-refractivity contribution in [3.63, 3.8) is 0 Å². The lowest BCUT2D eigenvalue weighted by Gasteiger charge is -2.39. The van der Waals surface area contributed by atoms with Crippen LogP contribution in [-0.2, 0) is 16.1 Å². The van der Waals surface area contributed by atoms with Crippen LogP contribution in [-0.4, -0.2) is 143 Å². The molecular weight excluding hydrogens is 943 g/mol. The van der Waals surface area contributed by atoms with Crippen LogP contribution in [0, 0.1) is 41.7 Å². The molecule has 0 radical (unpaired) electrons. The molecule has 3 N–H and O–H groups in total. The number of piperazine rings is 1. The SMILES string of the molecule is C#Cc1c(F)ccc2cc(O)cc(-c3cnc4c(N5CC6CCC(C5)N6)nc(OCCN5CCC(CC6CCN(CC7CCN(c8ccc9c(c8F)CN(C8CCC(=O)NC8=O)C9=O)CC7)CC6)CC5)nc4c3)c12. The summed E-state index contributed by atoms with van der Waals surface area (Å²) in [5.74, 6) is 3.28. The fourth-order valence-electron chi connectivity index (χ4n) is 13.3. The normalized spacial score (nSPS) is 23.5. The number of imide groups is 1. The van der Waals surface area contributed by atoms with Crippen molar-refractivity contribution in [3.05, 3.63) is 77.0 Å². The Bertz CT molecular complexity index is 3040. The second kappa shape index (κ2) is 20.3. The minimum atomic E-state index is -0.763. The molecule has 3 amide bonds. The van der Waals surface area contributed by atoms with Crippen molar-refractivity contribution in [2.45, 2.75) is 95.3 Å². The lowest BCUT2D eigenvalue weighted by Crippen LogP contribution is -2.52. The Balaban J connectivity index is 0.612. The van der Waals surface area contributed by atoms with Crippen molar-refractivity contribution < 1.29 is 33.0 Å². The van der Waals surface area contributed by atoms with Crippen molar-refractivity contribution >= 4 is 51.0 Å². The summed E-state index contributed by atoms with van der Waals surface area (Å²) < 4.78 is 37.4. The van der Waals surface area contributed by atoms with E-state index in [1.54, 1.807) is 36.5 Å². The number of phenolic OH excluding ortho intramolecular Hbond substituents is 1. The highest BCUT2D eigenvalue weighted by Gasteiger charge is 2.41. The van der Waals surface area contributed by atoms with E-state index in [9.17, 15) is 19.5 Å². The molecule has 0 spiro atoms. The van der Waals surface area contributed by atoms with Crippen LogP contribution >= 0.6 is 0 Å². The van der Waals surface area contributed by atoms with Gasteiger partial charge < -0.3 is 34.8 Å². The third-order valence-corrected chi connectivity index (χ3v) is 17.3. The van der Waals surface area contributed by atoms with Crippen LogP contribution in [0.1, 0.15) is 92.1 Å². The Labute approximate surface area is 430 Å². The number of benzene rings is 3. The maximum absolute atomic E-state index is 16.0. The van der Waals surface area contributed by atoms with Gasteiger partial charge in [-0.05, 0) is 155 Å². The number of nitrogens with zero attached hydrogens (tertiary/aromatic N) is 8. The average Bonchev–Trinajstić information content (AvgIpc) is 3.94. The smallest absolute Gasteiger partial charge is 0.319 e. The summed E-state index contributed by atoms with van der Waals surface area (Å²) in [5.41, 5.74) is 3.80. The second-order valence-corrected chi connectivity index (χ2v) is 22.0. The topological polar surface area (TPSA) is 160 Å². The van der Waals surface area contributed by atoms with Crippen molar-refractivity contribution in [2.24, 2.45) is 17.8 Å². The van der Waals surface area contributed by atoms with Gasteiger partial charge >= 0.3 is 6.01 Å². The van der Waals surface area contributed by atoms with Gasteiger partial charge in [-0.15, -0.1) is 6.42 Å². The van der Waals surface area contributed by atoms with Crippen LogP contribution in [0.5, 0.6) is 11.8 Å². The molecule has 2 bridgehead atoms. The number of terminal acetylenes is 1. The minimum Gasteiger partial charge on any atom is -0.508 e. The van der Waals surface area contributed by atoms with Crippen molar-refractivity contribution in [1.82, 2.24) is 40.3 Å². The van der Waals surface area contributed by atoms with Crippen LogP contribution in [0.2, 0.25) is 0 Å². The van der Waals surface area contributed by atoms with Crippen LogP contribution < -0.4 is 25.2 Å². The standard InChI is InChI=1S/C57H64F2N10O5/c1-2-42-46(58)7-3-37-26-41(70)28-44(51(37)42)38-27-47-53(60-29-38)54(68-31-39-4-5-40(32-68)61-39)64-57(62-47)74-24-23-65-17-11-34(12-18-65)25-35-13-19-66(20-14-35)30-36-15-21-67(22-16-36)48-8-6-43-45(52(48)59)33-69(56(43)73)49-9-10-50(71)63-55(49)72/h1,3,6-8,26-29,34-36,39-40,49,61,70H,4-5,9-25,30-33H2,(H,63,71,72). The first-order valence-electron chi connectivity index (χ1n) is 26.9. The summed E-state index contributed by atoms with van der Waals surface area (Å²) in [7, 11) is 0. The van der Waals surface area contributed by atoms with E-state index in [2.05, 4.69) is 36.2 Å². The first kappa shape index (κ1) is 48.5. The molecule has 5 aromatic rings. The molecule has 12 rings (SSSR count). The van der Waals surface area contributed by atoms with Gasteiger partial charge in [-0.1, -0.05) is 12.0 Å². The first-order chi connectivity index (χ1) is 36.0. The highest BCUT2D eigenvalue weighted by atomic mass is 19.1. The molecule has 17 heteroatoms. The summed E-state index contributed by atoms with van der Waals surface area (Å²) in [6.07, 6.45) is 18.3. The van der Waals surface area contributed by atoms with Gasteiger partial charge in [0.1, 0.15) is 29.7 Å². The largest absolute Gasteiger partial charge is 0.508 e. The van der Waals surface area contributed by atoms with Gasteiger partial charge in [0.05, 0.1) is 23.3 Å². The van der Waals surface area contributed by atoms with E-state index >= 15 is 8.78 Å². The molecule has 7 aliphatic heterocycles. The van der Waals surface area contributed by atoms with Gasteiger partial charge in [0, 0.05) is 86.0 Å². The number of fused-ring (bicyclic) bond motifs is 5. The molecule has 3 aromatic carbocycles. The van der Waals surface area contributed by atoms with Crippen LogP contribution in [0.15, 0.2) is 48.7 Å². The fourth-order valence-corrected chi connectivity index (χ4v) is 13.3. The van der Waals surface area contributed by atoms with Crippen molar-refractivity contribution in [2.75, 3.05) is 81.9 Å². The summed E-state index contributed by atoms with van der Waals surface area (Å²) in [4.78, 5) is 63.2. The number of carbonyl (C=O) groups excluding carboxylic acids is 3. The number of hydrogen-bond acceptors (Lipinski definition) is 13. The van der Waals surface area contributed by atoms with Gasteiger partial charge in [0.2, 0.25) is 11.8 Å². The maximum atomic E-state index is 16.0. The summed E-state index contributed by atoms with van der Waals surface area (Å²) in [6.45, 7) is 9.85. The van der Waals surface area contributed by atoms with E-state index in [4.69, 9.17) is 26.1 Å². The molecule has 386 valence electrons. The van der Waals surface area contributed by atoms with Gasteiger partial charge in [0.25, 0.3) is 5.91 Å². The predicted molar refractivity (Wildman–Crippen MR) is 278 cm³/mol. The number of aromatic nitrogens is 3. The lowest BCUT2D eigenvalue weighted by atomic mass is 9.82. The number of nitrogens with one attached hydrogen (secondary N) is 2. The predicted octanol–water partition coefficient (Wildman–Crippen LogP) is 6.62. The molecule has 9 heterocycles. The molecule has 6 fully saturated rings. The molecule has 7 aliphatic rings. The minimum absolute atomic E-state index is 0.0392. The molecule has 3 atom stereocenters. The fraction of sp³-hybridized carbons (Fsp3) is 0.509. The van der Waals surface area contributed by atoms with E-state index in [1.807, 2.05) is 6.07 Å². The Kier molecular flexibility index (Phi) is 13.3. The third kappa shape index (κ3) is 9.60. The first-order valence-corrected chi connectivity index (χ1v) is 26.9. The number of aromatic hydroxyl groups is 1. The number of ether oxygens (including phenoxy) is 1. The second-order valence-electron chi connectivity index (χ2n) is 22.0. The zero-order valence-corrected chi connectivity index (χ0v) is 41.8. The number of piperidine rings is 4. The molecule has 15 nitrogen and oxygen atoms in total. The summed E-state index contributed by atoms with van der Waals surface area (Å²) in [6, 6.07) is 11.8. The molecule has 0 saturated carbocycles. The number of hydrogen-bond donors (Lipinski definition) is 3.